The first-order chi connectivity index (χ1) is 8.81. The van der Waals surface area contributed by atoms with Gasteiger partial charge in [-0.3, -0.25) is 4.79 Å². The Morgan fingerprint density at radius 3 is 2.44 bits per heavy atom. The third kappa shape index (κ3) is 3.07. The normalized spacial score (nSPS) is 17.2. The minimum atomic E-state index is 0.0288. The Bertz CT molecular complexity index is 476. The van der Waals surface area contributed by atoms with Crippen molar-refractivity contribution in [2.24, 2.45) is 5.92 Å². The van der Waals surface area contributed by atoms with Crippen LogP contribution in [0.5, 0.6) is 0 Å². The molecular weight excluding hydrogens is 222 g/mol. The second-order valence-corrected chi connectivity index (χ2v) is 4.78. The molecule has 0 aromatic heterocycles. The maximum atomic E-state index is 12.2. The molecule has 0 spiro atoms. The van der Waals surface area contributed by atoms with Crippen LogP contribution in [0.4, 0.5) is 0 Å². The molecule has 92 valence electrons. The molecule has 18 heavy (non-hydrogen) atoms. The molecule has 0 bridgehead atoms. The maximum Gasteiger partial charge on any atom is 0.176 e. The van der Waals surface area contributed by atoms with Crippen LogP contribution in [0.25, 0.3) is 6.08 Å². The van der Waals surface area contributed by atoms with Gasteiger partial charge in [0.15, 0.2) is 5.78 Å². The fourth-order valence-corrected chi connectivity index (χ4v) is 2.46. The second-order valence-electron chi connectivity index (χ2n) is 4.78. The van der Waals surface area contributed by atoms with Crippen LogP contribution in [0.3, 0.4) is 0 Å². The lowest BCUT2D eigenvalue weighted by Crippen LogP contribution is -2.18. The zero-order valence-electron chi connectivity index (χ0n) is 10.4. The fourth-order valence-electron chi connectivity index (χ4n) is 2.46. The summed E-state index contributed by atoms with van der Waals surface area (Å²) in [6.07, 6.45) is 7.02. The third-order valence-corrected chi connectivity index (χ3v) is 3.47. The summed E-state index contributed by atoms with van der Waals surface area (Å²) in [6, 6.07) is 11.6. The first-order valence-electron chi connectivity index (χ1n) is 6.52. The average molecular weight is 239 g/mol. The highest BCUT2D eigenvalue weighted by Gasteiger charge is 2.23. The lowest BCUT2D eigenvalue weighted by molar-refractivity contribution is -0.119. The van der Waals surface area contributed by atoms with Crippen molar-refractivity contribution in [3.63, 3.8) is 0 Å². The standard InChI is InChI=1S/C16H17NO/c17-12-15(11-13-7-3-1-4-8-13)16(18)14-9-5-2-6-10-14/h1,3-4,7-8,11,14H,2,5-6,9-10H2/b15-11+. The minimum Gasteiger partial charge on any atom is -0.293 e. The van der Waals surface area contributed by atoms with Gasteiger partial charge in [0.1, 0.15) is 6.07 Å². The van der Waals surface area contributed by atoms with Gasteiger partial charge in [-0.2, -0.15) is 5.26 Å². The molecule has 1 aromatic carbocycles. The van der Waals surface area contributed by atoms with Gasteiger partial charge in [-0.15, -0.1) is 0 Å². The van der Waals surface area contributed by atoms with Crippen LogP contribution in [0.1, 0.15) is 37.7 Å². The number of hydrogen-bond acceptors (Lipinski definition) is 2. The van der Waals surface area contributed by atoms with Gasteiger partial charge >= 0.3 is 0 Å². The molecule has 1 aliphatic rings. The Morgan fingerprint density at radius 2 is 1.83 bits per heavy atom. The fraction of sp³-hybridized carbons (Fsp3) is 0.375. The van der Waals surface area contributed by atoms with E-state index in [2.05, 4.69) is 6.07 Å². The molecule has 0 amide bonds. The van der Waals surface area contributed by atoms with Crippen molar-refractivity contribution in [3.05, 3.63) is 41.5 Å². The number of benzene rings is 1. The molecule has 0 heterocycles. The van der Waals surface area contributed by atoms with Crippen molar-refractivity contribution in [2.45, 2.75) is 32.1 Å². The third-order valence-electron chi connectivity index (χ3n) is 3.47. The lowest BCUT2D eigenvalue weighted by atomic mass is 9.83. The van der Waals surface area contributed by atoms with E-state index >= 15 is 0 Å². The molecular formula is C16H17NO. The number of nitriles is 1. The molecule has 2 rings (SSSR count). The van der Waals surface area contributed by atoms with Crippen LogP contribution < -0.4 is 0 Å². The van der Waals surface area contributed by atoms with Crippen LogP contribution in [-0.4, -0.2) is 5.78 Å². The van der Waals surface area contributed by atoms with Gasteiger partial charge in [0, 0.05) is 5.92 Å². The largest absolute Gasteiger partial charge is 0.293 e. The van der Waals surface area contributed by atoms with Crippen molar-refractivity contribution < 1.29 is 4.79 Å². The Labute approximate surface area is 108 Å². The Balaban J connectivity index is 2.16. The number of carbonyl (C=O) groups is 1. The average Bonchev–Trinajstić information content (AvgIpc) is 2.46. The smallest absolute Gasteiger partial charge is 0.176 e. The van der Waals surface area contributed by atoms with E-state index in [1.807, 2.05) is 30.3 Å². The van der Waals surface area contributed by atoms with E-state index in [9.17, 15) is 4.79 Å². The molecule has 1 fully saturated rings. The number of carbonyl (C=O) groups excluding carboxylic acids is 1. The van der Waals surface area contributed by atoms with E-state index < -0.39 is 0 Å². The van der Waals surface area contributed by atoms with Crippen molar-refractivity contribution in [1.29, 1.82) is 5.26 Å². The monoisotopic (exact) mass is 239 g/mol. The van der Waals surface area contributed by atoms with Crippen molar-refractivity contribution in [2.75, 3.05) is 0 Å². The Hall–Kier alpha value is -1.88. The van der Waals surface area contributed by atoms with E-state index in [-0.39, 0.29) is 11.7 Å². The van der Waals surface area contributed by atoms with Gasteiger partial charge in [-0.25, -0.2) is 0 Å². The molecule has 0 aliphatic heterocycles. The van der Waals surface area contributed by atoms with E-state index in [1.165, 1.54) is 6.42 Å². The SMILES string of the molecule is N#C/C(=C\c1ccccc1)C(=O)C1CCCCC1. The molecule has 0 unspecified atom stereocenters. The van der Waals surface area contributed by atoms with Crippen LogP contribution in [0, 0.1) is 17.2 Å². The Kier molecular flexibility index (Phi) is 4.30. The number of ketones is 1. The van der Waals surface area contributed by atoms with E-state index in [0.29, 0.717) is 5.57 Å². The van der Waals surface area contributed by atoms with Crippen molar-refractivity contribution in [3.8, 4) is 6.07 Å². The molecule has 0 saturated heterocycles. The molecule has 0 atom stereocenters. The highest BCUT2D eigenvalue weighted by atomic mass is 16.1. The second kappa shape index (κ2) is 6.16. The lowest BCUT2D eigenvalue weighted by Gasteiger charge is -2.19. The summed E-state index contributed by atoms with van der Waals surface area (Å²) in [5, 5.41) is 9.15. The predicted octanol–water partition coefficient (Wildman–Crippen LogP) is 3.74. The molecule has 2 nitrogen and oxygen atoms in total. The maximum absolute atomic E-state index is 12.2. The molecule has 2 heteroatoms. The van der Waals surface area contributed by atoms with Crippen LogP contribution in [-0.2, 0) is 4.79 Å². The summed E-state index contributed by atoms with van der Waals surface area (Å²) < 4.78 is 0. The number of allylic oxidation sites excluding steroid dienone is 1. The predicted molar refractivity (Wildman–Crippen MR) is 71.6 cm³/mol. The number of rotatable bonds is 3. The van der Waals surface area contributed by atoms with Gasteiger partial charge in [0.05, 0.1) is 5.57 Å². The summed E-state index contributed by atoms with van der Waals surface area (Å²) in [5.41, 5.74) is 1.21. The molecule has 0 N–H and O–H groups in total. The van der Waals surface area contributed by atoms with Crippen molar-refractivity contribution in [1.82, 2.24) is 0 Å². The molecule has 1 aromatic rings. The van der Waals surface area contributed by atoms with Gasteiger partial charge in [0.2, 0.25) is 0 Å². The van der Waals surface area contributed by atoms with Gasteiger partial charge < -0.3 is 0 Å². The quantitative estimate of drug-likeness (QED) is 0.595. The van der Waals surface area contributed by atoms with E-state index in [1.54, 1.807) is 6.08 Å². The van der Waals surface area contributed by atoms with Gasteiger partial charge in [-0.1, -0.05) is 49.6 Å². The number of hydrogen-bond donors (Lipinski definition) is 0. The number of Topliss-reactive ketones (excluding diaryl/α,β-unsaturated/α-hetero) is 1. The Morgan fingerprint density at radius 1 is 1.17 bits per heavy atom. The molecule has 1 saturated carbocycles. The highest BCUT2D eigenvalue weighted by molar-refractivity contribution is 6.04. The first kappa shape index (κ1) is 12.6. The zero-order chi connectivity index (χ0) is 12.8. The minimum absolute atomic E-state index is 0.0288. The van der Waals surface area contributed by atoms with E-state index in [0.717, 1.165) is 31.2 Å². The zero-order valence-corrected chi connectivity index (χ0v) is 10.4. The topological polar surface area (TPSA) is 40.9 Å². The van der Waals surface area contributed by atoms with Crippen LogP contribution in [0.2, 0.25) is 0 Å². The summed E-state index contributed by atoms with van der Waals surface area (Å²) >= 11 is 0. The highest BCUT2D eigenvalue weighted by Crippen LogP contribution is 2.27. The summed E-state index contributed by atoms with van der Waals surface area (Å²) in [6.45, 7) is 0. The van der Waals surface area contributed by atoms with Gasteiger partial charge in [-0.05, 0) is 24.5 Å². The van der Waals surface area contributed by atoms with Crippen LogP contribution in [0.15, 0.2) is 35.9 Å². The number of nitrogens with zero attached hydrogens (tertiary/aromatic N) is 1. The summed E-state index contributed by atoms with van der Waals surface area (Å²) in [4.78, 5) is 12.2. The first-order valence-corrected chi connectivity index (χ1v) is 6.52. The molecule has 1 aliphatic carbocycles. The van der Waals surface area contributed by atoms with Crippen LogP contribution >= 0.6 is 0 Å². The summed E-state index contributed by atoms with van der Waals surface area (Å²) in [7, 11) is 0. The van der Waals surface area contributed by atoms with Gasteiger partial charge in [0.25, 0.3) is 0 Å². The summed E-state index contributed by atoms with van der Waals surface area (Å²) in [5.74, 6) is 0.0921. The van der Waals surface area contributed by atoms with E-state index in [4.69, 9.17) is 5.26 Å². The molecule has 0 radical (unpaired) electrons. The van der Waals surface area contributed by atoms with Crippen molar-refractivity contribution >= 4 is 11.9 Å².